The quantitative estimate of drug-likeness (QED) is 0.611. The lowest BCUT2D eigenvalue weighted by atomic mass is 9.94. The van der Waals surface area contributed by atoms with E-state index in [0.29, 0.717) is 44.1 Å². The minimum absolute atomic E-state index is 0.0116. The monoisotopic (exact) mass is 399 g/mol. The lowest BCUT2D eigenvalue weighted by Crippen LogP contribution is -2.41. The van der Waals surface area contributed by atoms with Crippen LogP contribution in [0.4, 0.5) is 11.4 Å². The molecule has 2 aliphatic heterocycles. The number of aromatic nitrogens is 2. The predicted octanol–water partition coefficient (Wildman–Crippen LogP) is 2.25. The first-order valence-corrected chi connectivity index (χ1v) is 9.93. The Bertz CT molecular complexity index is 920. The van der Waals surface area contributed by atoms with Crippen LogP contribution >= 0.6 is 0 Å². The molecule has 1 unspecified atom stereocenters. The van der Waals surface area contributed by atoms with Gasteiger partial charge >= 0.3 is 0 Å². The van der Waals surface area contributed by atoms with E-state index < -0.39 is 0 Å². The van der Waals surface area contributed by atoms with Crippen LogP contribution in [-0.2, 0) is 17.7 Å². The zero-order valence-corrected chi connectivity index (χ0v) is 16.5. The van der Waals surface area contributed by atoms with Gasteiger partial charge in [-0.1, -0.05) is 6.07 Å². The molecule has 1 N–H and O–H groups in total. The van der Waals surface area contributed by atoms with Gasteiger partial charge in [-0.25, -0.2) is 0 Å². The first-order chi connectivity index (χ1) is 14.0. The van der Waals surface area contributed by atoms with E-state index in [1.54, 1.807) is 18.3 Å². The number of hydrogen-bond acceptors (Lipinski definition) is 6. The Kier molecular flexibility index (Phi) is 5.48. The average Bonchev–Trinajstić information content (AvgIpc) is 3.15. The van der Waals surface area contributed by atoms with E-state index in [1.807, 2.05) is 16.5 Å². The van der Waals surface area contributed by atoms with Crippen molar-refractivity contribution in [3.63, 3.8) is 0 Å². The molecule has 9 heteroatoms. The van der Waals surface area contributed by atoms with E-state index in [9.17, 15) is 14.9 Å². The number of aryl methyl sites for hydroxylation is 2. The third-order valence-corrected chi connectivity index (χ3v) is 5.64. The molecule has 0 radical (unpaired) electrons. The average molecular weight is 399 g/mol. The van der Waals surface area contributed by atoms with Crippen molar-refractivity contribution in [1.82, 2.24) is 14.7 Å². The summed E-state index contributed by atoms with van der Waals surface area (Å²) >= 11 is 0. The van der Waals surface area contributed by atoms with E-state index in [0.717, 1.165) is 30.6 Å². The number of nitrogens with zero attached hydrogens (tertiary/aromatic N) is 4. The van der Waals surface area contributed by atoms with Crippen molar-refractivity contribution in [2.24, 2.45) is 5.92 Å². The Labute approximate surface area is 168 Å². The summed E-state index contributed by atoms with van der Waals surface area (Å²) in [5.74, 6) is 0.285. The number of anilines is 1. The van der Waals surface area contributed by atoms with Crippen molar-refractivity contribution in [3.05, 3.63) is 51.3 Å². The third kappa shape index (κ3) is 4.09. The summed E-state index contributed by atoms with van der Waals surface area (Å²) in [5, 5.41) is 18.9. The molecule has 3 heterocycles. The summed E-state index contributed by atoms with van der Waals surface area (Å²) < 4.78 is 7.25. The lowest BCUT2D eigenvalue weighted by Gasteiger charge is -2.28. The van der Waals surface area contributed by atoms with Gasteiger partial charge in [-0.2, -0.15) is 5.10 Å². The maximum absolute atomic E-state index is 12.9. The van der Waals surface area contributed by atoms with Gasteiger partial charge in [-0.05, 0) is 37.3 Å². The minimum Gasteiger partial charge on any atom is -0.379 e. The number of carbonyl (C=O) groups excluding carboxylic acids is 1. The molecule has 1 aromatic heterocycles. The molecule has 29 heavy (non-hydrogen) atoms. The van der Waals surface area contributed by atoms with Gasteiger partial charge in [0.25, 0.3) is 11.6 Å². The standard InChI is InChI=1S/C20H25N5O4/c1-14-2-3-18(25(27)28)17(10-14)21-12-15-4-5-24-19(11-15)16(13-22-24)20(26)23-6-8-29-9-7-23/h2-3,10,13,15,21H,4-9,11-12H2,1H3. The van der Waals surface area contributed by atoms with Crippen molar-refractivity contribution in [3.8, 4) is 0 Å². The number of amides is 1. The van der Waals surface area contributed by atoms with Crippen LogP contribution in [0.5, 0.6) is 0 Å². The smallest absolute Gasteiger partial charge is 0.292 e. The number of nitrogens with one attached hydrogen (secondary N) is 1. The van der Waals surface area contributed by atoms with Crippen LogP contribution in [0.25, 0.3) is 0 Å². The topological polar surface area (TPSA) is 103 Å². The summed E-state index contributed by atoms with van der Waals surface area (Å²) in [4.78, 5) is 25.6. The van der Waals surface area contributed by atoms with Crippen LogP contribution in [-0.4, -0.2) is 58.4 Å². The van der Waals surface area contributed by atoms with E-state index in [1.165, 1.54) is 6.07 Å². The molecule has 1 amide bonds. The van der Waals surface area contributed by atoms with Gasteiger partial charge in [0, 0.05) is 32.2 Å². The summed E-state index contributed by atoms with van der Waals surface area (Å²) in [6, 6.07) is 5.08. The molecule has 0 aliphatic carbocycles. The molecule has 0 spiro atoms. The number of rotatable bonds is 5. The zero-order valence-electron chi connectivity index (χ0n) is 16.5. The first-order valence-electron chi connectivity index (χ1n) is 9.93. The number of fused-ring (bicyclic) bond motifs is 1. The summed E-state index contributed by atoms with van der Waals surface area (Å²) in [5.41, 5.74) is 3.22. The Morgan fingerprint density at radius 1 is 1.34 bits per heavy atom. The molecule has 9 nitrogen and oxygen atoms in total. The molecule has 4 rings (SSSR count). The molecular weight excluding hydrogens is 374 g/mol. The van der Waals surface area contributed by atoms with Crippen LogP contribution in [0.1, 0.15) is 28.0 Å². The second-order valence-corrected chi connectivity index (χ2v) is 7.65. The Hall–Kier alpha value is -2.94. The number of ether oxygens (including phenoxy) is 1. The largest absolute Gasteiger partial charge is 0.379 e. The molecule has 2 aliphatic rings. The Morgan fingerprint density at radius 2 is 2.14 bits per heavy atom. The van der Waals surface area contributed by atoms with Crippen LogP contribution in [0.2, 0.25) is 0 Å². The van der Waals surface area contributed by atoms with Gasteiger partial charge in [0.05, 0.1) is 35.6 Å². The molecule has 2 aromatic rings. The van der Waals surface area contributed by atoms with Gasteiger partial charge in [0.15, 0.2) is 0 Å². The molecule has 0 bridgehead atoms. The van der Waals surface area contributed by atoms with Crippen molar-refractivity contribution < 1.29 is 14.5 Å². The second-order valence-electron chi connectivity index (χ2n) is 7.65. The van der Waals surface area contributed by atoms with Crippen molar-refractivity contribution >= 4 is 17.3 Å². The maximum Gasteiger partial charge on any atom is 0.292 e. The maximum atomic E-state index is 12.9. The number of hydrogen-bond donors (Lipinski definition) is 1. The van der Waals surface area contributed by atoms with Gasteiger partial charge in [-0.15, -0.1) is 0 Å². The SMILES string of the molecule is Cc1ccc([N+](=O)[O-])c(NCC2CCn3ncc(C(=O)N4CCOCC4)c3C2)c1. The predicted molar refractivity (Wildman–Crippen MR) is 107 cm³/mol. The molecule has 1 fully saturated rings. The highest BCUT2D eigenvalue weighted by Gasteiger charge is 2.28. The minimum atomic E-state index is -0.364. The van der Waals surface area contributed by atoms with Gasteiger partial charge in [0.1, 0.15) is 5.69 Å². The van der Waals surface area contributed by atoms with E-state index >= 15 is 0 Å². The fraction of sp³-hybridized carbons (Fsp3) is 0.500. The van der Waals surface area contributed by atoms with E-state index in [2.05, 4.69) is 10.4 Å². The number of carbonyl (C=O) groups is 1. The first kappa shape index (κ1) is 19.4. The second kappa shape index (κ2) is 8.20. The Balaban J connectivity index is 1.45. The van der Waals surface area contributed by atoms with Crippen LogP contribution < -0.4 is 5.32 Å². The van der Waals surface area contributed by atoms with Crippen LogP contribution in [0.3, 0.4) is 0 Å². The summed E-state index contributed by atoms with van der Waals surface area (Å²) in [6.45, 7) is 5.61. The van der Waals surface area contributed by atoms with Crippen molar-refractivity contribution in [2.45, 2.75) is 26.3 Å². The number of nitro benzene ring substituents is 1. The lowest BCUT2D eigenvalue weighted by molar-refractivity contribution is -0.384. The molecule has 154 valence electrons. The highest BCUT2D eigenvalue weighted by molar-refractivity contribution is 5.95. The van der Waals surface area contributed by atoms with Crippen LogP contribution in [0, 0.1) is 23.0 Å². The molecule has 1 aromatic carbocycles. The number of benzene rings is 1. The summed E-state index contributed by atoms with van der Waals surface area (Å²) in [6.07, 6.45) is 3.30. The van der Waals surface area contributed by atoms with Crippen molar-refractivity contribution in [1.29, 1.82) is 0 Å². The van der Waals surface area contributed by atoms with E-state index in [4.69, 9.17) is 4.74 Å². The van der Waals surface area contributed by atoms with E-state index in [-0.39, 0.29) is 22.4 Å². The fourth-order valence-corrected chi connectivity index (χ4v) is 3.99. The highest BCUT2D eigenvalue weighted by Crippen LogP contribution is 2.28. The molecular formula is C20H25N5O4. The van der Waals surface area contributed by atoms with Crippen molar-refractivity contribution in [2.75, 3.05) is 38.2 Å². The van der Waals surface area contributed by atoms with Gasteiger partial charge < -0.3 is 15.0 Å². The molecule has 1 saturated heterocycles. The molecule has 1 atom stereocenters. The normalized spacial score (nSPS) is 18.9. The van der Waals surface area contributed by atoms with Crippen LogP contribution in [0.15, 0.2) is 24.4 Å². The fourth-order valence-electron chi connectivity index (χ4n) is 3.99. The third-order valence-electron chi connectivity index (χ3n) is 5.64. The Morgan fingerprint density at radius 3 is 2.90 bits per heavy atom. The zero-order chi connectivity index (χ0) is 20.4. The molecule has 0 saturated carbocycles. The summed E-state index contributed by atoms with van der Waals surface area (Å²) in [7, 11) is 0. The van der Waals surface area contributed by atoms with Gasteiger partial charge in [-0.3, -0.25) is 19.6 Å². The van der Waals surface area contributed by atoms with Gasteiger partial charge in [0.2, 0.25) is 0 Å². The number of morpholine rings is 1. The highest BCUT2D eigenvalue weighted by atomic mass is 16.6. The number of nitro groups is 1.